The number of carbonyl (C=O) groups excluding carboxylic acids is 1. The summed E-state index contributed by atoms with van der Waals surface area (Å²) in [7, 11) is 3.44. The molecule has 18 heavy (non-hydrogen) atoms. The maximum atomic E-state index is 12.0. The van der Waals surface area contributed by atoms with Crippen LogP contribution in [-0.2, 0) is 11.3 Å². The van der Waals surface area contributed by atoms with Crippen LogP contribution < -0.4 is 0 Å². The van der Waals surface area contributed by atoms with E-state index in [1.165, 1.54) is 0 Å². The number of carboxylic acids is 1. The minimum atomic E-state index is -0.831. The number of hydrogen-bond acceptors (Lipinski definition) is 3. The number of amides is 2. The van der Waals surface area contributed by atoms with Gasteiger partial charge in [0.05, 0.1) is 6.54 Å². The second-order valence-corrected chi connectivity index (χ2v) is 5.17. The summed E-state index contributed by atoms with van der Waals surface area (Å²) in [4.78, 5) is 26.7. The van der Waals surface area contributed by atoms with E-state index < -0.39 is 5.97 Å². The van der Waals surface area contributed by atoms with Gasteiger partial charge >= 0.3 is 12.0 Å². The molecule has 1 heterocycles. The molecule has 0 spiro atoms. The monoisotopic (exact) mass is 270 g/mol. The molecule has 0 aliphatic rings. The van der Waals surface area contributed by atoms with Crippen molar-refractivity contribution in [3.63, 3.8) is 0 Å². The summed E-state index contributed by atoms with van der Waals surface area (Å²) in [5, 5.41) is 10.5. The minimum absolute atomic E-state index is 0.0891. The van der Waals surface area contributed by atoms with Crippen molar-refractivity contribution in [1.82, 2.24) is 9.80 Å². The highest BCUT2D eigenvalue weighted by Crippen LogP contribution is 2.11. The van der Waals surface area contributed by atoms with Crippen molar-refractivity contribution in [2.75, 3.05) is 20.6 Å². The molecular formula is C12H18N2O3S. The summed E-state index contributed by atoms with van der Waals surface area (Å²) in [6, 6.07) is 3.85. The van der Waals surface area contributed by atoms with Gasteiger partial charge in [-0.1, -0.05) is 6.07 Å². The lowest BCUT2D eigenvalue weighted by atomic mass is 10.3. The van der Waals surface area contributed by atoms with Gasteiger partial charge in [-0.3, -0.25) is 4.79 Å². The predicted molar refractivity (Wildman–Crippen MR) is 70.7 cm³/mol. The van der Waals surface area contributed by atoms with Gasteiger partial charge in [0.25, 0.3) is 0 Å². The molecule has 5 nitrogen and oxygen atoms in total. The number of rotatable bonds is 6. The summed E-state index contributed by atoms with van der Waals surface area (Å²) in [5.41, 5.74) is 0. The first kappa shape index (κ1) is 14.5. The summed E-state index contributed by atoms with van der Waals surface area (Å²) in [6.07, 6.45) is 0.566. The lowest BCUT2D eigenvalue weighted by Crippen LogP contribution is -2.38. The Kier molecular flexibility index (Phi) is 5.64. The first-order valence-corrected chi connectivity index (χ1v) is 6.59. The standard InChI is InChI=1S/C12H18N2O3S/c1-13(7-3-6-11(15)16)12(17)14(2)9-10-5-4-8-18-10/h4-5,8H,3,6-7,9H2,1-2H3,(H,15,16). The van der Waals surface area contributed by atoms with Crippen LogP contribution in [0.4, 0.5) is 4.79 Å². The molecule has 0 atom stereocenters. The number of carbonyl (C=O) groups is 2. The molecule has 0 bridgehead atoms. The van der Waals surface area contributed by atoms with Crippen LogP contribution in [0.25, 0.3) is 0 Å². The summed E-state index contributed by atoms with van der Waals surface area (Å²) in [6.45, 7) is 1.04. The lowest BCUT2D eigenvalue weighted by molar-refractivity contribution is -0.137. The van der Waals surface area contributed by atoms with Crippen LogP contribution in [0.1, 0.15) is 17.7 Å². The molecule has 1 N–H and O–H groups in total. The molecule has 0 fully saturated rings. The van der Waals surface area contributed by atoms with E-state index in [1.54, 1.807) is 35.2 Å². The van der Waals surface area contributed by atoms with Crippen LogP contribution in [0, 0.1) is 0 Å². The van der Waals surface area contributed by atoms with E-state index in [9.17, 15) is 9.59 Å². The van der Waals surface area contributed by atoms with Crippen LogP contribution in [0.3, 0.4) is 0 Å². The Morgan fingerprint density at radius 1 is 1.33 bits per heavy atom. The average molecular weight is 270 g/mol. The molecule has 0 aliphatic carbocycles. The summed E-state index contributed by atoms with van der Waals surface area (Å²) >= 11 is 1.61. The van der Waals surface area contributed by atoms with Gasteiger partial charge in [-0.2, -0.15) is 0 Å². The fraction of sp³-hybridized carbons (Fsp3) is 0.500. The highest BCUT2D eigenvalue weighted by Gasteiger charge is 2.14. The quantitative estimate of drug-likeness (QED) is 0.861. The first-order valence-electron chi connectivity index (χ1n) is 5.71. The molecule has 0 aromatic carbocycles. The SMILES string of the molecule is CN(CCCC(=O)O)C(=O)N(C)Cc1cccs1. The maximum absolute atomic E-state index is 12.0. The molecule has 6 heteroatoms. The third kappa shape index (κ3) is 4.75. The van der Waals surface area contributed by atoms with E-state index in [-0.39, 0.29) is 12.5 Å². The van der Waals surface area contributed by atoms with Gasteiger partial charge in [-0.25, -0.2) is 4.79 Å². The number of aliphatic carboxylic acids is 1. The molecular weight excluding hydrogens is 252 g/mol. The highest BCUT2D eigenvalue weighted by molar-refractivity contribution is 7.09. The van der Waals surface area contributed by atoms with E-state index in [2.05, 4.69) is 0 Å². The Morgan fingerprint density at radius 3 is 2.61 bits per heavy atom. The Bertz CT molecular complexity index is 392. The van der Waals surface area contributed by atoms with Crippen molar-refractivity contribution in [3.05, 3.63) is 22.4 Å². The van der Waals surface area contributed by atoms with Gasteiger partial charge in [0.1, 0.15) is 0 Å². The number of thiophene rings is 1. The van der Waals surface area contributed by atoms with Gasteiger partial charge in [0, 0.05) is 31.9 Å². The van der Waals surface area contributed by atoms with Gasteiger partial charge in [0.15, 0.2) is 0 Å². The number of nitrogens with zero attached hydrogens (tertiary/aromatic N) is 2. The molecule has 0 saturated carbocycles. The second kappa shape index (κ2) is 7.00. The zero-order chi connectivity index (χ0) is 13.5. The van der Waals surface area contributed by atoms with E-state index in [1.807, 2.05) is 17.5 Å². The average Bonchev–Trinajstić information content (AvgIpc) is 2.80. The molecule has 1 aromatic rings. The third-order valence-corrected chi connectivity index (χ3v) is 3.37. The molecule has 1 rings (SSSR count). The molecule has 0 radical (unpaired) electrons. The maximum Gasteiger partial charge on any atom is 0.319 e. The molecule has 0 aliphatic heterocycles. The lowest BCUT2D eigenvalue weighted by Gasteiger charge is -2.24. The van der Waals surface area contributed by atoms with Gasteiger partial charge < -0.3 is 14.9 Å². The first-order chi connectivity index (χ1) is 8.50. The zero-order valence-corrected chi connectivity index (χ0v) is 11.4. The van der Waals surface area contributed by atoms with E-state index in [4.69, 9.17) is 5.11 Å². The van der Waals surface area contributed by atoms with Crippen LogP contribution in [-0.4, -0.2) is 47.5 Å². The highest BCUT2D eigenvalue weighted by atomic mass is 32.1. The summed E-state index contributed by atoms with van der Waals surface area (Å²) in [5.74, 6) is -0.831. The Balaban J connectivity index is 2.35. The van der Waals surface area contributed by atoms with Crippen molar-refractivity contribution >= 4 is 23.3 Å². The van der Waals surface area contributed by atoms with Crippen LogP contribution in [0.15, 0.2) is 17.5 Å². The number of hydrogen-bond donors (Lipinski definition) is 1. The van der Waals surface area contributed by atoms with Crippen molar-refractivity contribution in [2.24, 2.45) is 0 Å². The zero-order valence-electron chi connectivity index (χ0n) is 10.6. The van der Waals surface area contributed by atoms with Gasteiger partial charge in [-0.15, -0.1) is 11.3 Å². The van der Waals surface area contributed by atoms with Crippen LogP contribution in [0.2, 0.25) is 0 Å². The number of carboxylic acid groups (broad SMARTS) is 1. The van der Waals surface area contributed by atoms with E-state index >= 15 is 0 Å². The molecule has 100 valence electrons. The Morgan fingerprint density at radius 2 is 2.06 bits per heavy atom. The molecule has 1 aromatic heterocycles. The Labute approximate surface area is 111 Å². The van der Waals surface area contributed by atoms with Crippen molar-refractivity contribution < 1.29 is 14.7 Å². The van der Waals surface area contributed by atoms with E-state index in [0.717, 1.165) is 4.88 Å². The largest absolute Gasteiger partial charge is 0.481 e. The molecule has 2 amide bonds. The topological polar surface area (TPSA) is 60.9 Å². The third-order valence-electron chi connectivity index (χ3n) is 2.51. The fourth-order valence-corrected chi connectivity index (χ4v) is 2.32. The van der Waals surface area contributed by atoms with Crippen LogP contribution >= 0.6 is 11.3 Å². The fourth-order valence-electron chi connectivity index (χ4n) is 1.56. The number of urea groups is 1. The van der Waals surface area contributed by atoms with Crippen molar-refractivity contribution in [2.45, 2.75) is 19.4 Å². The molecule has 0 saturated heterocycles. The minimum Gasteiger partial charge on any atom is -0.481 e. The van der Waals surface area contributed by atoms with Gasteiger partial charge in [0.2, 0.25) is 0 Å². The van der Waals surface area contributed by atoms with Gasteiger partial charge in [-0.05, 0) is 17.9 Å². The predicted octanol–water partition coefficient (Wildman–Crippen LogP) is 2.10. The Hall–Kier alpha value is -1.56. The van der Waals surface area contributed by atoms with Crippen LogP contribution in [0.5, 0.6) is 0 Å². The second-order valence-electron chi connectivity index (χ2n) is 4.14. The van der Waals surface area contributed by atoms with Crippen molar-refractivity contribution in [3.8, 4) is 0 Å². The summed E-state index contributed by atoms with van der Waals surface area (Å²) < 4.78 is 0. The van der Waals surface area contributed by atoms with Crippen molar-refractivity contribution in [1.29, 1.82) is 0 Å². The smallest absolute Gasteiger partial charge is 0.319 e. The molecule has 0 unspecified atom stereocenters. The normalized spacial score (nSPS) is 10.1. The van der Waals surface area contributed by atoms with E-state index in [0.29, 0.717) is 19.5 Å².